The lowest BCUT2D eigenvalue weighted by Crippen LogP contribution is -2.40. The molecule has 4 unspecified atom stereocenters. The van der Waals surface area contributed by atoms with Gasteiger partial charge in [0.15, 0.2) is 5.78 Å². The molecule has 3 nitrogen and oxygen atoms in total. The predicted molar refractivity (Wildman–Crippen MR) is 58.7 cm³/mol. The maximum Gasteiger partial charge on any atom is 0.187 e. The van der Waals surface area contributed by atoms with Crippen molar-refractivity contribution in [1.29, 1.82) is 0 Å². The molecule has 2 saturated carbocycles. The standard InChI is InChI=1S/C11H14N2OS/c12-10-7-2-1-6(5-7)9(10)11(14)8-3-4-15-13-8/h3-4,6-7,9-10H,1-2,5,12H2. The Hall–Kier alpha value is -0.740. The highest BCUT2D eigenvalue weighted by atomic mass is 32.1. The zero-order chi connectivity index (χ0) is 10.4. The van der Waals surface area contributed by atoms with Crippen molar-refractivity contribution in [1.82, 2.24) is 4.37 Å². The Balaban J connectivity index is 1.86. The van der Waals surface area contributed by atoms with Gasteiger partial charge in [-0.2, -0.15) is 4.37 Å². The number of fused-ring (bicyclic) bond motifs is 2. The quantitative estimate of drug-likeness (QED) is 0.775. The van der Waals surface area contributed by atoms with Crippen molar-refractivity contribution in [2.24, 2.45) is 23.5 Å². The lowest BCUT2D eigenvalue weighted by Gasteiger charge is -2.26. The molecule has 1 aromatic heterocycles. The molecule has 0 spiro atoms. The van der Waals surface area contributed by atoms with Crippen molar-refractivity contribution in [3.8, 4) is 0 Å². The van der Waals surface area contributed by atoms with Crippen LogP contribution in [0.15, 0.2) is 11.4 Å². The maximum absolute atomic E-state index is 12.2. The number of ketones is 1. The molecule has 2 aliphatic carbocycles. The smallest absolute Gasteiger partial charge is 0.187 e. The van der Waals surface area contributed by atoms with Crippen LogP contribution in [0.1, 0.15) is 29.8 Å². The highest BCUT2D eigenvalue weighted by Gasteiger charge is 2.49. The summed E-state index contributed by atoms with van der Waals surface area (Å²) in [4.78, 5) is 12.2. The second-order valence-corrected chi connectivity index (χ2v) is 5.35. The SMILES string of the molecule is NC1C2CCC(C2)C1C(=O)c1ccsn1. The molecule has 4 atom stereocenters. The summed E-state index contributed by atoms with van der Waals surface area (Å²) in [5, 5.41) is 1.85. The summed E-state index contributed by atoms with van der Waals surface area (Å²) >= 11 is 1.34. The van der Waals surface area contributed by atoms with E-state index >= 15 is 0 Å². The number of carbonyl (C=O) groups excluding carboxylic acids is 1. The van der Waals surface area contributed by atoms with E-state index < -0.39 is 0 Å². The van der Waals surface area contributed by atoms with Crippen molar-refractivity contribution in [3.05, 3.63) is 17.1 Å². The zero-order valence-corrected chi connectivity index (χ0v) is 9.24. The number of rotatable bonds is 2. The summed E-state index contributed by atoms with van der Waals surface area (Å²) in [5.74, 6) is 1.34. The number of hydrogen-bond donors (Lipinski definition) is 1. The molecule has 1 aromatic rings. The fraction of sp³-hybridized carbons (Fsp3) is 0.636. The van der Waals surface area contributed by atoms with Crippen molar-refractivity contribution in [2.75, 3.05) is 0 Å². The van der Waals surface area contributed by atoms with E-state index in [1.807, 2.05) is 11.4 Å². The molecule has 0 saturated heterocycles. The van der Waals surface area contributed by atoms with Crippen LogP contribution in [0.2, 0.25) is 0 Å². The predicted octanol–water partition coefficient (Wildman–Crippen LogP) is 1.70. The van der Waals surface area contributed by atoms with Gasteiger partial charge in [0.2, 0.25) is 0 Å². The van der Waals surface area contributed by atoms with Crippen molar-refractivity contribution < 1.29 is 4.79 Å². The molecule has 0 amide bonds. The number of hydrogen-bond acceptors (Lipinski definition) is 4. The van der Waals surface area contributed by atoms with Crippen LogP contribution in [0.3, 0.4) is 0 Å². The summed E-state index contributed by atoms with van der Waals surface area (Å²) in [6.07, 6.45) is 3.55. The first-order chi connectivity index (χ1) is 7.27. The normalized spacial score (nSPS) is 38.5. The molecule has 2 aliphatic rings. The Morgan fingerprint density at radius 3 is 2.87 bits per heavy atom. The molecule has 0 aromatic carbocycles. The van der Waals surface area contributed by atoms with E-state index in [0.29, 0.717) is 17.5 Å². The number of Topliss-reactive ketones (excluding diaryl/α,β-unsaturated/α-hetero) is 1. The maximum atomic E-state index is 12.2. The minimum absolute atomic E-state index is 0.0471. The first-order valence-electron chi connectivity index (χ1n) is 5.47. The zero-order valence-electron chi connectivity index (χ0n) is 8.43. The van der Waals surface area contributed by atoms with E-state index in [9.17, 15) is 4.79 Å². The van der Waals surface area contributed by atoms with Crippen molar-refractivity contribution >= 4 is 17.3 Å². The van der Waals surface area contributed by atoms with Gasteiger partial charge in [-0.15, -0.1) is 0 Å². The third-order valence-electron chi connectivity index (χ3n) is 3.97. The first kappa shape index (κ1) is 9.48. The Morgan fingerprint density at radius 2 is 2.27 bits per heavy atom. The number of aromatic nitrogens is 1. The summed E-state index contributed by atoms with van der Waals surface area (Å²) < 4.78 is 4.12. The van der Waals surface area contributed by atoms with Gasteiger partial charge >= 0.3 is 0 Å². The summed E-state index contributed by atoms with van der Waals surface area (Å²) in [6, 6.07) is 1.89. The summed E-state index contributed by atoms with van der Waals surface area (Å²) in [5.41, 5.74) is 6.74. The van der Waals surface area contributed by atoms with Crippen LogP contribution in [0.5, 0.6) is 0 Å². The summed E-state index contributed by atoms with van der Waals surface area (Å²) in [6.45, 7) is 0. The first-order valence-corrected chi connectivity index (χ1v) is 6.31. The molecule has 3 rings (SSSR count). The number of nitrogens with two attached hydrogens (primary N) is 1. The molecule has 2 fully saturated rings. The van der Waals surface area contributed by atoms with Crippen LogP contribution in [0, 0.1) is 17.8 Å². The third kappa shape index (κ3) is 1.35. The fourth-order valence-electron chi connectivity index (χ4n) is 3.24. The van der Waals surface area contributed by atoms with Crippen molar-refractivity contribution in [2.45, 2.75) is 25.3 Å². The molecule has 2 N–H and O–H groups in total. The van der Waals surface area contributed by atoms with E-state index in [2.05, 4.69) is 4.37 Å². The van der Waals surface area contributed by atoms with Gasteiger partial charge in [-0.05, 0) is 48.7 Å². The molecule has 80 valence electrons. The van der Waals surface area contributed by atoms with E-state index in [1.54, 1.807) is 0 Å². The Bertz CT molecular complexity index is 374. The van der Waals surface area contributed by atoms with Crippen molar-refractivity contribution in [3.63, 3.8) is 0 Å². The fourth-order valence-corrected chi connectivity index (χ4v) is 3.75. The molecule has 0 aliphatic heterocycles. The molecule has 4 heteroatoms. The average Bonchev–Trinajstić information content (AvgIpc) is 2.93. The minimum Gasteiger partial charge on any atom is -0.327 e. The molecular formula is C11H14N2OS. The molecule has 0 radical (unpaired) electrons. The highest BCUT2D eigenvalue weighted by molar-refractivity contribution is 7.03. The Labute approximate surface area is 92.8 Å². The highest BCUT2D eigenvalue weighted by Crippen LogP contribution is 2.48. The molecular weight excluding hydrogens is 208 g/mol. The van der Waals surface area contributed by atoms with Gasteiger partial charge in [0.1, 0.15) is 5.69 Å². The van der Waals surface area contributed by atoms with Gasteiger partial charge in [-0.1, -0.05) is 0 Å². The van der Waals surface area contributed by atoms with Gasteiger partial charge in [-0.3, -0.25) is 4.79 Å². The van der Waals surface area contributed by atoms with Gasteiger partial charge in [0, 0.05) is 17.3 Å². The van der Waals surface area contributed by atoms with Gasteiger partial charge in [0.25, 0.3) is 0 Å². The van der Waals surface area contributed by atoms with E-state index in [0.717, 1.165) is 6.42 Å². The number of nitrogens with zero attached hydrogens (tertiary/aromatic N) is 1. The summed E-state index contributed by atoms with van der Waals surface area (Å²) in [7, 11) is 0. The Kier molecular flexibility index (Phi) is 2.14. The minimum atomic E-state index is 0.0471. The van der Waals surface area contributed by atoms with Crippen LogP contribution in [-0.2, 0) is 0 Å². The lowest BCUT2D eigenvalue weighted by molar-refractivity contribution is 0.0852. The third-order valence-corrected chi connectivity index (χ3v) is 4.53. The van der Waals surface area contributed by atoms with Crippen LogP contribution in [-0.4, -0.2) is 16.2 Å². The van der Waals surface area contributed by atoms with Crippen LogP contribution >= 0.6 is 11.5 Å². The van der Waals surface area contributed by atoms with Crippen LogP contribution in [0.25, 0.3) is 0 Å². The average molecular weight is 222 g/mol. The monoisotopic (exact) mass is 222 g/mol. The topological polar surface area (TPSA) is 56.0 Å². The molecule has 15 heavy (non-hydrogen) atoms. The molecule has 2 bridgehead atoms. The van der Waals surface area contributed by atoms with Gasteiger partial charge < -0.3 is 5.73 Å². The van der Waals surface area contributed by atoms with Crippen LogP contribution < -0.4 is 5.73 Å². The Morgan fingerprint density at radius 1 is 1.47 bits per heavy atom. The van der Waals surface area contributed by atoms with E-state index in [4.69, 9.17) is 5.73 Å². The van der Waals surface area contributed by atoms with Gasteiger partial charge in [0.05, 0.1) is 0 Å². The van der Waals surface area contributed by atoms with Crippen LogP contribution in [0.4, 0.5) is 0 Å². The largest absolute Gasteiger partial charge is 0.327 e. The second kappa shape index (κ2) is 3.39. The van der Waals surface area contributed by atoms with E-state index in [1.165, 1.54) is 24.4 Å². The number of carbonyl (C=O) groups is 1. The molecule has 1 heterocycles. The van der Waals surface area contributed by atoms with Gasteiger partial charge in [-0.25, -0.2) is 0 Å². The second-order valence-electron chi connectivity index (χ2n) is 4.69. The van der Waals surface area contributed by atoms with E-state index in [-0.39, 0.29) is 17.7 Å². The lowest BCUT2D eigenvalue weighted by atomic mass is 9.81.